The Morgan fingerprint density at radius 2 is 1.84 bits per heavy atom. The van der Waals surface area contributed by atoms with Crippen molar-refractivity contribution in [2.24, 2.45) is 5.73 Å². The summed E-state index contributed by atoms with van der Waals surface area (Å²) >= 11 is 0. The van der Waals surface area contributed by atoms with Crippen molar-refractivity contribution in [3.63, 3.8) is 0 Å². The van der Waals surface area contributed by atoms with Crippen LogP contribution < -0.4 is 5.73 Å². The zero-order chi connectivity index (χ0) is 14.5. The normalized spacial score (nSPS) is 11.4. The van der Waals surface area contributed by atoms with E-state index in [4.69, 9.17) is 10.5 Å². The van der Waals surface area contributed by atoms with Crippen LogP contribution in [0.3, 0.4) is 0 Å². The highest BCUT2D eigenvalue weighted by Crippen LogP contribution is 2.11. The Kier molecular flexibility index (Phi) is 5.51. The van der Waals surface area contributed by atoms with Crippen molar-refractivity contribution in [3.05, 3.63) is 35.4 Å². The van der Waals surface area contributed by atoms with E-state index in [1.54, 1.807) is 11.9 Å². The third kappa shape index (κ3) is 5.41. The van der Waals surface area contributed by atoms with Gasteiger partial charge in [-0.1, -0.05) is 24.3 Å². The quantitative estimate of drug-likeness (QED) is 0.884. The molecule has 0 spiro atoms. The van der Waals surface area contributed by atoms with Gasteiger partial charge in [0.15, 0.2) is 0 Å². The van der Waals surface area contributed by atoms with Gasteiger partial charge in [0.2, 0.25) is 5.91 Å². The molecule has 1 amide bonds. The smallest absolute Gasteiger partial charge is 0.248 e. The van der Waals surface area contributed by atoms with E-state index in [-0.39, 0.29) is 18.1 Å². The minimum absolute atomic E-state index is 0.0262. The lowest BCUT2D eigenvalue weighted by molar-refractivity contribution is -0.140. The highest BCUT2D eigenvalue weighted by Gasteiger charge is 2.16. The monoisotopic (exact) mass is 264 g/mol. The molecule has 0 radical (unpaired) electrons. The van der Waals surface area contributed by atoms with Gasteiger partial charge in [-0.05, 0) is 31.9 Å². The van der Waals surface area contributed by atoms with E-state index in [1.165, 1.54) is 0 Å². The maximum Gasteiger partial charge on any atom is 0.248 e. The lowest BCUT2D eigenvalue weighted by atomic mass is 10.1. The van der Waals surface area contributed by atoms with Crippen LogP contribution in [0.4, 0.5) is 0 Å². The number of hydrogen-bond acceptors (Lipinski definition) is 3. The molecule has 2 N–H and O–H groups in total. The standard InChI is InChI=1S/C15H24N2O2/c1-15(2,3)19-11-14(18)17(4)10-13-8-6-5-7-12(13)9-16/h5-8H,9-11,16H2,1-4H3. The highest BCUT2D eigenvalue weighted by molar-refractivity contribution is 5.77. The molecule has 1 rings (SSSR count). The Balaban J connectivity index is 2.59. The summed E-state index contributed by atoms with van der Waals surface area (Å²) in [5.41, 5.74) is 7.54. The molecule has 1 aromatic rings. The average molecular weight is 264 g/mol. The Morgan fingerprint density at radius 1 is 1.26 bits per heavy atom. The van der Waals surface area contributed by atoms with Crippen LogP contribution >= 0.6 is 0 Å². The second kappa shape index (κ2) is 6.68. The first kappa shape index (κ1) is 15.7. The van der Waals surface area contributed by atoms with Gasteiger partial charge >= 0.3 is 0 Å². The summed E-state index contributed by atoms with van der Waals surface area (Å²) in [4.78, 5) is 13.6. The number of nitrogens with zero attached hydrogens (tertiary/aromatic N) is 1. The predicted octanol–water partition coefficient (Wildman–Crippen LogP) is 1.92. The maximum atomic E-state index is 12.0. The summed E-state index contributed by atoms with van der Waals surface area (Å²) < 4.78 is 5.49. The van der Waals surface area contributed by atoms with Crippen molar-refractivity contribution in [1.29, 1.82) is 0 Å². The maximum absolute atomic E-state index is 12.0. The molecule has 19 heavy (non-hydrogen) atoms. The number of carbonyl (C=O) groups excluding carboxylic acids is 1. The topological polar surface area (TPSA) is 55.6 Å². The molecule has 0 aliphatic carbocycles. The van der Waals surface area contributed by atoms with Crippen molar-refractivity contribution in [3.8, 4) is 0 Å². The van der Waals surface area contributed by atoms with Crippen LogP contribution in [0.25, 0.3) is 0 Å². The lowest BCUT2D eigenvalue weighted by Gasteiger charge is -2.23. The van der Waals surface area contributed by atoms with Crippen LogP contribution in [-0.4, -0.2) is 30.1 Å². The van der Waals surface area contributed by atoms with Crippen LogP contribution in [0.1, 0.15) is 31.9 Å². The first-order valence-corrected chi connectivity index (χ1v) is 6.48. The fourth-order valence-electron chi connectivity index (χ4n) is 1.64. The van der Waals surface area contributed by atoms with Gasteiger partial charge in [0, 0.05) is 20.1 Å². The molecule has 0 aliphatic rings. The number of ether oxygens (including phenoxy) is 1. The van der Waals surface area contributed by atoms with E-state index in [1.807, 2.05) is 45.0 Å². The number of carbonyl (C=O) groups is 1. The SMILES string of the molecule is CN(Cc1ccccc1CN)C(=O)COC(C)(C)C. The van der Waals surface area contributed by atoms with Crippen molar-refractivity contribution in [2.75, 3.05) is 13.7 Å². The van der Waals surface area contributed by atoms with Gasteiger partial charge in [0.1, 0.15) is 6.61 Å². The summed E-state index contributed by atoms with van der Waals surface area (Å²) in [5, 5.41) is 0. The summed E-state index contributed by atoms with van der Waals surface area (Å²) in [6.07, 6.45) is 0. The molecule has 0 saturated heterocycles. The van der Waals surface area contributed by atoms with Gasteiger partial charge < -0.3 is 15.4 Å². The molecule has 106 valence electrons. The van der Waals surface area contributed by atoms with E-state index >= 15 is 0 Å². The zero-order valence-corrected chi connectivity index (χ0v) is 12.3. The number of nitrogens with two attached hydrogens (primary N) is 1. The molecule has 4 nitrogen and oxygen atoms in total. The van der Waals surface area contributed by atoms with Gasteiger partial charge in [-0.3, -0.25) is 4.79 Å². The van der Waals surface area contributed by atoms with E-state index in [0.29, 0.717) is 13.1 Å². The Bertz CT molecular complexity index is 424. The van der Waals surface area contributed by atoms with Crippen LogP contribution in [0, 0.1) is 0 Å². The first-order chi connectivity index (χ1) is 8.83. The Morgan fingerprint density at radius 3 is 2.37 bits per heavy atom. The summed E-state index contributed by atoms with van der Waals surface area (Å²) in [6, 6.07) is 7.89. The van der Waals surface area contributed by atoms with Crippen LogP contribution in [-0.2, 0) is 22.6 Å². The number of amides is 1. The number of hydrogen-bond donors (Lipinski definition) is 1. The largest absolute Gasteiger partial charge is 0.366 e. The highest BCUT2D eigenvalue weighted by atomic mass is 16.5. The molecule has 0 saturated carbocycles. The minimum Gasteiger partial charge on any atom is -0.366 e. The van der Waals surface area contributed by atoms with Gasteiger partial charge in [-0.25, -0.2) is 0 Å². The number of rotatable bonds is 5. The number of benzene rings is 1. The van der Waals surface area contributed by atoms with Gasteiger partial charge in [-0.15, -0.1) is 0 Å². The third-order valence-electron chi connectivity index (χ3n) is 2.80. The zero-order valence-electron chi connectivity index (χ0n) is 12.3. The molecular weight excluding hydrogens is 240 g/mol. The molecule has 0 aromatic heterocycles. The molecule has 1 aromatic carbocycles. The molecule has 0 atom stereocenters. The predicted molar refractivity (Wildman–Crippen MR) is 76.5 cm³/mol. The van der Waals surface area contributed by atoms with Crippen molar-refractivity contribution in [2.45, 2.75) is 39.5 Å². The van der Waals surface area contributed by atoms with E-state index in [2.05, 4.69) is 0 Å². The van der Waals surface area contributed by atoms with E-state index < -0.39 is 0 Å². The van der Waals surface area contributed by atoms with Crippen LogP contribution in [0.5, 0.6) is 0 Å². The van der Waals surface area contributed by atoms with Crippen LogP contribution in [0.15, 0.2) is 24.3 Å². The molecule has 4 heteroatoms. The molecule has 0 fully saturated rings. The third-order valence-corrected chi connectivity index (χ3v) is 2.80. The van der Waals surface area contributed by atoms with Crippen molar-refractivity contribution in [1.82, 2.24) is 4.90 Å². The first-order valence-electron chi connectivity index (χ1n) is 6.48. The number of likely N-dealkylation sites (N-methyl/N-ethyl adjacent to an activating group) is 1. The van der Waals surface area contributed by atoms with Gasteiger partial charge in [0.05, 0.1) is 5.60 Å². The minimum atomic E-state index is -0.300. The summed E-state index contributed by atoms with van der Waals surface area (Å²) in [6.45, 7) is 6.94. The fraction of sp³-hybridized carbons (Fsp3) is 0.533. The van der Waals surface area contributed by atoms with E-state index in [0.717, 1.165) is 11.1 Å². The van der Waals surface area contributed by atoms with Gasteiger partial charge in [-0.2, -0.15) is 0 Å². The Labute approximate surface area is 115 Å². The average Bonchev–Trinajstić information content (AvgIpc) is 2.35. The molecule has 0 heterocycles. The van der Waals surface area contributed by atoms with Crippen molar-refractivity contribution < 1.29 is 9.53 Å². The van der Waals surface area contributed by atoms with Crippen molar-refractivity contribution >= 4 is 5.91 Å². The Hall–Kier alpha value is -1.39. The molecule has 0 bridgehead atoms. The summed E-state index contributed by atoms with van der Waals surface area (Å²) in [5.74, 6) is -0.0262. The van der Waals surface area contributed by atoms with Crippen LogP contribution in [0.2, 0.25) is 0 Å². The summed E-state index contributed by atoms with van der Waals surface area (Å²) in [7, 11) is 1.78. The molecule has 0 aliphatic heterocycles. The molecular formula is C15H24N2O2. The lowest BCUT2D eigenvalue weighted by Crippen LogP contribution is -2.33. The van der Waals surface area contributed by atoms with E-state index in [9.17, 15) is 4.79 Å². The molecule has 0 unspecified atom stereocenters. The second-order valence-corrected chi connectivity index (χ2v) is 5.62. The van der Waals surface area contributed by atoms with Gasteiger partial charge in [0.25, 0.3) is 0 Å². The fourth-order valence-corrected chi connectivity index (χ4v) is 1.64. The second-order valence-electron chi connectivity index (χ2n) is 5.62.